The van der Waals surface area contributed by atoms with E-state index in [9.17, 15) is 0 Å². The maximum absolute atomic E-state index is 4.33. The Kier molecular flexibility index (Phi) is 8.52. The molecule has 0 atom stereocenters. The molecular weight excluding hydrogens is 499 g/mol. The first-order chi connectivity index (χ1) is 14.8. The molecule has 0 bridgehead atoms. The molecule has 2 aromatic carbocycles. The number of aromatic nitrogens is 2. The van der Waals surface area contributed by atoms with Gasteiger partial charge < -0.3 is 15.5 Å². The van der Waals surface area contributed by atoms with Crippen LogP contribution >= 0.6 is 24.0 Å². The monoisotopic (exact) mass is 528 g/mol. The molecule has 0 saturated heterocycles. The van der Waals surface area contributed by atoms with E-state index < -0.39 is 0 Å². The van der Waals surface area contributed by atoms with Crippen molar-refractivity contribution in [2.24, 2.45) is 4.99 Å². The van der Waals surface area contributed by atoms with Gasteiger partial charge in [0.2, 0.25) is 0 Å². The van der Waals surface area contributed by atoms with Crippen molar-refractivity contribution in [1.29, 1.82) is 0 Å². The second-order valence-electron chi connectivity index (χ2n) is 7.26. The predicted octanol–water partition coefficient (Wildman–Crippen LogP) is 3.77. The molecule has 1 aromatic heterocycles. The van der Waals surface area contributed by atoms with Crippen LogP contribution in [0.2, 0.25) is 0 Å². The molecule has 0 unspecified atom stereocenters. The molecule has 1 aliphatic heterocycles. The van der Waals surface area contributed by atoms with Crippen LogP contribution in [0.3, 0.4) is 0 Å². The highest BCUT2D eigenvalue weighted by Crippen LogP contribution is 2.17. The zero-order chi connectivity index (χ0) is 20.6. The molecule has 4 rings (SSSR count). The van der Waals surface area contributed by atoms with Crippen molar-refractivity contribution in [2.75, 3.05) is 31.6 Å². The predicted molar refractivity (Wildman–Crippen MR) is 139 cm³/mol. The Morgan fingerprint density at radius 3 is 2.26 bits per heavy atom. The van der Waals surface area contributed by atoms with Crippen LogP contribution in [0.1, 0.15) is 11.1 Å². The third-order valence-corrected chi connectivity index (χ3v) is 5.21. The Morgan fingerprint density at radius 2 is 1.61 bits per heavy atom. The van der Waals surface area contributed by atoms with Crippen LogP contribution in [0.15, 0.2) is 84.1 Å². The number of nitrogens with one attached hydrogen (secondary N) is 2. The standard InChI is InChI=1S/C24H28N6.HI/c1-25-24(27-19-21-7-9-22(10-8-21)29-16-2-3-17-29)26-15-13-20-5-11-23(12-6-20)30-18-4-14-28-30;/h2-12,14,18H,13,15-17,19H2,1H3,(H2,25,26,27);1H. The molecule has 6 nitrogen and oxygen atoms in total. The van der Waals surface area contributed by atoms with E-state index in [-0.39, 0.29) is 24.0 Å². The van der Waals surface area contributed by atoms with E-state index in [2.05, 4.69) is 86.3 Å². The van der Waals surface area contributed by atoms with Gasteiger partial charge in [-0.2, -0.15) is 5.10 Å². The van der Waals surface area contributed by atoms with Crippen molar-refractivity contribution in [1.82, 2.24) is 20.4 Å². The number of aliphatic imine (C=N–C) groups is 1. The first-order valence-corrected chi connectivity index (χ1v) is 10.3. The second kappa shape index (κ2) is 11.5. The Bertz CT molecular complexity index is 970. The summed E-state index contributed by atoms with van der Waals surface area (Å²) in [5.41, 5.74) is 4.86. The molecule has 7 heteroatoms. The summed E-state index contributed by atoms with van der Waals surface area (Å²) in [5.74, 6) is 0.816. The summed E-state index contributed by atoms with van der Waals surface area (Å²) in [6.45, 7) is 3.57. The lowest BCUT2D eigenvalue weighted by atomic mass is 10.1. The minimum absolute atomic E-state index is 0. The zero-order valence-electron chi connectivity index (χ0n) is 17.7. The van der Waals surface area contributed by atoms with Crippen molar-refractivity contribution < 1.29 is 0 Å². The fourth-order valence-corrected chi connectivity index (χ4v) is 3.48. The van der Waals surface area contributed by atoms with Crippen LogP contribution < -0.4 is 15.5 Å². The van der Waals surface area contributed by atoms with Crippen LogP contribution in [0, 0.1) is 0 Å². The van der Waals surface area contributed by atoms with Gasteiger partial charge in [0.25, 0.3) is 0 Å². The first-order valence-electron chi connectivity index (χ1n) is 10.3. The molecule has 0 radical (unpaired) electrons. The molecule has 0 fully saturated rings. The average Bonchev–Trinajstić information content (AvgIpc) is 3.52. The average molecular weight is 528 g/mol. The van der Waals surface area contributed by atoms with E-state index in [1.54, 1.807) is 13.2 Å². The number of hydrogen-bond acceptors (Lipinski definition) is 3. The van der Waals surface area contributed by atoms with Crippen LogP contribution in [0.4, 0.5) is 5.69 Å². The van der Waals surface area contributed by atoms with Crippen molar-refractivity contribution in [2.45, 2.75) is 13.0 Å². The number of guanidine groups is 1. The van der Waals surface area contributed by atoms with Crippen LogP contribution in [-0.2, 0) is 13.0 Å². The number of benzene rings is 2. The Balaban J connectivity index is 0.00000272. The number of nitrogens with zero attached hydrogens (tertiary/aromatic N) is 4. The van der Waals surface area contributed by atoms with E-state index in [0.29, 0.717) is 0 Å². The molecule has 0 aliphatic carbocycles. The van der Waals surface area contributed by atoms with Gasteiger partial charge in [-0.05, 0) is 47.9 Å². The van der Waals surface area contributed by atoms with E-state index in [1.165, 1.54) is 16.8 Å². The van der Waals surface area contributed by atoms with Crippen LogP contribution in [-0.4, -0.2) is 42.4 Å². The van der Waals surface area contributed by atoms with Crippen LogP contribution in [0.5, 0.6) is 0 Å². The largest absolute Gasteiger partial charge is 0.364 e. The van der Waals surface area contributed by atoms with Gasteiger partial charge in [-0.15, -0.1) is 24.0 Å². The van der Waals surface area contributed by atoms with Gasteiger partial charge in [0.15, 0.2) is 5.96 Å². The Hall–Kier alpha value is -2.81. The molecule has 162 valence electrons. The van der Waals surface area contributed by atoms with E-state index in [0.717, 1.165) is 44.2 Å². The minimum Gasteiger partial charge on any atom is -0.364 e. The summed E-state index contributed by atoms with van der Waals surface area (Å²) < 4.78 is 1.86. The molecule has 0 amide bonds. The molecule has 2 N–H and O–H groups in total. The maximum Gasteiger partial charge on any atom is 0.191 e. The lowest BCUT2D eigenvalue weighted by Gasteiger charge is -2.18. The first kappa shape index (κ1) is 22.9. The number of anilines is 1. The van der Waals surface area contributed by atoms with Crippen molar-refractivity contribution in [3.05, 3.63) is 90.3 Å². The molecular formula is C24H29IN6. The van der Waals surface area contributed by atoms with Gasteiger partial charge in [-0.1, -0.05) is 36.4 Å². The third-order valence-electron chi connectivity index (χ3n) is 5.21. The SMILES string of the molecule is CN=C(NCCc1ccc(-n2cccn2)cc1)NCc1ccc(N2CC=CC2)cc1.I. The topological polar surface area (TPSA) is 57.5 Å². The van der Waals surface area contributed by atoms with Gasteiger partial charge in [-0.25, -0.2) is 4.68 Å². The Labute approximate surface area is 201 Å². The number of halogens is 1. The number of hydrogen-bond donors (Lipinski definition) is 2. The molecule has 31 heavy (non-hydrogen) atoms. The fourth-order valence-electron chi connectivity index (χ4n) is 3.48. The highest BCUT2D eigenvalue weighted by Gasteiger charge is 2.07. The highest BCUT2D eigenvalue weighted by molar-refractivity contribution is 14.0. The maximum atomic E-state index is 4.33. The summed E-state index contributed by atoms with van der Waals surface area (Å²) in [7, 11) is 1.80. The summed E-state index contributed by atoms with van der Waals surface area (Å²) in [5, 5.41) is 11.0. The number of rotatable bonds is 7. The summed E-state index contributed by atoms with van der Waals surface area (Å²) in [6.07, 6.45) is 9.08. The summed E-state index contributed by atoms with van der Waals surface area (Å²) in [6, 6.07) is 19.1. The second-order valence-corrected chi connectivity index (χ2v) is 7.26. The van der Waals surface area contributed by atoms with Crippen molar-refractivity contribution in [3.8, 4) is 5.69 Å². The molecule has 0 saturated carbocycles. The highest BCUT2D eigenvalue weighted by atomic mass is 127. The van der Waals surface area contributed by atoms with Gasteiger partial charge in [0.1, 0.15) is 0 Å². The van der Waals surface area contributed by atoms with Crippen molar-refractivity contribution in [3.63, 3.8) is 0 Å². The third kappa shape index (κ3) is 6.33. The van der Waals surface area contributed by atoms with E-state index in [4.69, 9.17) is 0 Å². The molecule has 1 aliphatic rings. The van der Waals surface area contributed by atoms with Crippen LogP contribution in [0.25, 0.3) is 5.69 Å². The lowest BCUT2D eigenvalue weighted by molar-refractivity contribution is 0.794. The van der Waals surface area contributed by atoms with Gasteiger partial charge >= 0.3 is 0 Å². The summed E-state index contributed by atoms with van der Waals surface area (Å²) >= 11 is 0. The smallest absolute Gasteiger partial charge is 0.191 e. The van der Waals surface area contributed by atoms with Crippen molar-refractivity contribution >= 4 is 35.6 Å². The Morgan fingerprint density at radius 1 is 0.935 bits per heavy atom. The van der Waals surface area contributed by atoms with E-state index >= 15 is 0 Å². The van der Waals surface area contributed by atoms with Gasteiger partial charge in [0, 0.05) is 51.3 Å². The molecule has 0 spiro atoms. The molecule has 2 heterocycles. The van der Waals surface area contributed by atoms with E-state index in [1.807, 2.05) is 16.9 Å². The summed E-state index contributed by atoms with van der Waals surface area (Å²) in [4.78, 5) is 6.68. The lowest BCUT2D eigenvalue weighted by Crippen LogP contribution is -2.37. The van der Waals surface area contributed by atoms with Gasteiger partial charge in [-0.3, -0.25) is 4.99 Å². The fraction of sp³-hybridized carbons (Fsp3) is 0.250. The quantitative estimate of drug-likeness (QED) is 0.212. The minimum atomic E-state index is 0. The molecule has 3 aromatic rings. The normalized spacial score (nSPS) is 13.2. The zero-order valence-corrected chi connectivity index (χ0v) is 20.1. The van der Waals surface area contributed by atoms with Gasteiger partial charge in [0.05, 0.1) is 5.69 Å².